The van der Waals surface area contributed by atoms with E-state index >= 15 is 0 Å². The van der Waals surface area contributed by atoms with Gasteiger partial charge in [0.1, 0.15) is 6.61 Å². The second-order valence-corrected chi connectivity index (χ2v) is 8.85. The van der Waals surface area contributed by atoms with Crippen LogP contribution in [0.3, 0.4) is 0 Å². The molecule has 3 aromatic rings. The second kappa shape index (κ2) is 12.2. The lowest BCUT2D eigenvalue weighted by Gasteiger charge is -2.13. The summed E-state index contributed by atoms with van der Waals surface area (Å²) in [4.78, 5) is 24.6. The molecule has 0 fully saturated rings. The van der Waals surface area contributed by atoms with E-state index in [0.717, 1.165) is 22.4 Å². The predicted octanol–water partition coefficient (Wildman–Crippen LogP) is 3.95. The topological polar surface area (TPSA) is 98.1 Å². The number of ether oxygens (including phenoxy) is 1. The number of hydrogen-bond donors (Lipinski definition) is 2. The van der Waals surface area contributed by atoms with E-state index in [-0.39, 0.29) is 36.5 Å². The third-order valence-electron chi connectivity index (χ3n) is 5.02. The van der Waals surface area contributed by atoms with Crippen molar-refractivity contribution in [2.24, 2.45) is 0 Å². The number of carbonyl (C=O) groups is 2. The first-order chi connectivity index (χ1) is 16.8. The Kier molecular flexibility index (Phi) is 9.02. The van der Waals surface area contributed by atoms with Crippen molar-refractivity contribution in [3.05, 3.63) is 77.4 Å². The molecule has 184 valence electrons. The molecule has 0 aliphatic rings. The zero-order valence-corrected chi connectivity index (χ0v) is 20.7. The normalized spacial score (nSPS) is 10.6. The molecule has 3 rings (SSSR count). The zero-order chi connectivity index (χ0) is 25.4. The molecule has 1 aromatic heterocycles. The van der Waals surface area contributed by atoms with Gasteiger partial charge in [0.2, 0.25) is 11.8 Å². The summed E-state index contributed by atoms with van der Waals surface area (Å²) in [7, 11) is 0. The molecular formula is C25H28FN5O3S. The summed E-state index contributed by atoms with van der Waals surface area (Å²) < 4.78 is 21.1. The van der Waals surface area contributed by atoms with Crippen LogP contribution in [0.1, 0.15) is 22.5 Å². The van der Waals surface area contributed by atoms with Gasteiger partial charge in [0.05, 0.1) is 12.3 Å². The van der Waals surface area contributed by atoms with E-state index < -0.39 is 5.82 Å². The number of thioether (sulfide) groups is 1. The molecule has 1 heterocycles. The Hall–Kier alpha value is -3.66. The van der Waals surface area contributed by atoms with Crippen LogP contribution in [0.2, 0.25) is 0 Å². The fourth-order valence-corrected chi connectivity index (χ4v) is 4.27. The van der Waals surface area contributed by atoms with Crippen molar-refractivity contribution in [3.63, 3.8) is 0 Å². The van der Waals surface area contributed by atoms with Crippen molar-refractivity contribution in [1.29, 1.82) is 0 Å². The number of rotatable bonds is 11. The molecule has 0 atom stereocenters. The third kappa shape index (κ3) is 7.16. The summed E-state index contributed by atoms with van der Waals surface area (Å²) in [5, 5.41) is 14.2. The molecule has 2 N–H and O–H groups in total. The van der Waals surface area contributed by atoms with E-state index in [0.29, 0.717) is 17.5 Å². The molecule has 0 saturated carbocycles. The minimum Gasteiger partial charge on any atom is -0.483 e. The Balaban J connectivity index is 1.52. The van der Waals surface area contributed by atoms with Crippen LogP contribution in [0.15, 0.2) is 54.2 Å². The van der Waals surface area contributed by atoms with Crippen molar-refractivity contribution in [2.75, 3.05) is 17.6 Å². The van der Waals surface area contributed by atoms with Gasteiger partial charge in [0.15, 0.2) is 22.5 Å². The first-order valence-electron chi connectivity index (χ1n) is 11.0. The van der Waals surface area contributed by atoms with Crippen molar-refractivity contribution >= 4 is 29.3 Å². The van der Waals surface area contributed by atoms with E-state index in [1.54, 1.807) is 22.8 Å². The fraction of sp³-hybridized carbons (Fsp3) is 0.280. The van der Waals surface area contributed by atoms with E-state index in [1.807, 2.05) is 32.9 Å². The summed E-state index contributed by atoms with van der Waals surface area (Å²) in [5.41, 5.74) is 3.81. The minimum absolute atomic E-state index is 0.00649. The number of halogens is 1. The van der Waals surface area contributed by atoms with Crippen molar-refractivity contribution in [3.8, 4) is 5.75 Å². The van der Waals surface area contributed by atoms with Crippen molar-refractivity contribution in [2.45, 2.75) is 39.1 Å². The number of anilines is 1. The average Bonchev–Trinajstić information content (AvgIpc) is 3.20. The maximum Gasteiger partial charge on any atom is 0.243 e. The molecule has 0 saturated heterocycles. The molecule has 0 radical (unpaired) electrons. The Labute approximate surface area is 208 Å². The number of allylic oxidation sites excluding steroid dienone is 1. The molecule has 2 aromatic carbocycles. The van der Waals surface area contributed by atoms with Gasteiger partial charge < -0.3 is 15.4 Å². The van der Waals surface area contributed by atoms with Gasteiger partial charge in [-0.2, -0.15) is 0 Å². The molecule has 10 heteroatoms. The molecule has 0 bridgehead atoms. The zero-order valence-electron chi connectivity index (χ0n) is 19.9. The Morgan fingerprint density at radius 1 is 1.14 bits per heavy atom. The number of benzene rings is 2. The minimum atomic E-state index is -0.467. The molecule has 8 nitrogen and oxygen atoms in total. The van der Waals surface area contributed by atoms with Gasteiger partial charge in [0.25, 0.3) is 0 Å². The Morgan fingerprint density at radius 2 is 1.86 bits per heavy atom. The third-order valence-corrected chi connectivity index (χ3v) is 5.99. The van der Waals surface area contributed by atoms with Gasteiger partial charge in [-0.15, -0.1) is 16.8 Å². The van der Waals surface area contributed by atoms with Crippen LogP contribution in [0.5, 0.6) is 5.75 Å². The number of carbonyl (C=O) groups excluding carboxylic acids is 2. The molecule has 0 unspecified atom stereocenters. The number of hydrogen-bond acceptors (Lipinski definition) is 6. The monoisotopic (exact) mass is 497 g/mol. The quantitative estimate of drug-likeness (QED) is 0.308. The highest BCUT2D eigenvalue weighted by Gasteiger charge is 2.16. The molecular weight excluding hydrogens is 469 g/mol. The maximum atomic E-state index is 13.8. The molecule has 0 aliphatic heterocycles. The SMILES string of the molecule is C=CCn1c(COc2ccccc2F)nnc1SCC(=O)NCC(=O)Nc1c(C)cc(C)cc1C. The number of nitrogens with one attached hydrogen (secondary N) is 2. The number of aromatic nitrogens is 3. The highest BCUT2D eigenvalue weighted by molar-refractivity contribution is 7.99. The number of aryl methyl sites for hydroxylation is 3. The van der Waals surface area contributed by atoms with Crippen LogP contribution in [-0.4, -0.2) is 38.9 Å². The van der Waals surface area contributed by atoms with Gasteiger partial charge in [0, 0.05) is 12.2 Å². The summed E-state index contributed by atoms with van der Waals surface area (Å²) in [5.74, 6) is -0.465. The summed E-state index contributed by atoms with van der Waals surface area (Å²) in [6.07, 6.45) is 1.67. The van der Waals surface area contributed by atoms with Crippen LogP contribution in [0, 0.1) is 26.6 Å². The van der Waals surface area contributed by atoms with Crippen LogP contribution in [0.25, 0.3) is 0 Å². The van der Waals surface area contributed by atoms with Crippen LogP contribution in [-0.2, 0) is 22.7 Å². The first kappa shape index (κ1) is 26.0. The van der Waals surface area contributed by atoms with Crippen LogP contribution in [0.4, 0.5) is 10.1 Å². The smallest absolute Gasteiger partial charge is 0.243 e. The Morgan fingerprint density at radius 3 is 2.54 bits per heavy atom. The Bertz CT molecular complexity index is 1200. The summed E-state index contributed by atoms with van der Waals surface area (Å²) in [6.45, 7) is 9.85. The number of para-hydroxylation sites is 1. The molecule has 0 aliphatic carbocycles. The van der Waals surface area contributed by atoms with Crippen molar-refractivity contribution in [1.82, 2.24) is 20.1 Å². The van der Waals surface area contributed by atoms with Gasteiger partial charge in [-0.3, -0.25) is 14.2 Å². The van der Waals surface area contributed by atoms with Crippen LogP contribution < -0.4 is 15.4 Å². The lowest BCUT2D eigenvalue weighted by molar-refractivity contribution is -0.122. The van der Waals surface area contributed by atoms with Gasteiger partial charge in [-0.1, -0.05) is 47.7 Å². The van der Waals surface area contributed by atoms with Gasteiger partial charge >= 0.3 is 0 Å². The molecule has 0 spiro atoms. The number of nitrogens with zero attached hydrogens (tertiary/aromatic N) is 3. The second-order valence-electron chi connectivity index (χ2n) is 7.90. The standard InChI is InChI=1S/C25H28FN5O3S/c1-5-10-31-21(14-34-20-9-7-6-8-19(20)26)29-30-25(31)35-15-23(33)27-13-22(32)28-24-17(3)11-16(2)12-18(24)4/h5-9,11-12H,1,10,13-15H2,2-4H3,(H,27,33)(H,28,32). The average molecular weight is 498 g/mol. The summed E-state index contributed by atoms with van der Waals surface area (Å²) >= 11 is 1.17. The lowest BCUT2D eigenvalue weighted by Crippen LogP contribution is -2.34. The van der Waals surface area contributed by atoms with Crippen molar-refractivity contribution < 1.29 is 18.7 Å². The van der Waals surface area contributed by atoms with Crippen LogP contribution >= 0.6 is 11.8 Å². The van der Waals surface area contributed by atoms with E-state index in [9.17, 15) is 14.0 Å². The predicted molar refractivity (Wildman–Crippen MR) is 134 cm³/mol. The van der Waals surface area contributed by atoms with Gasteiger partial charge in [-0.05, 0) is 44.0 Å². The highest BCUT2D eigenvalue weighted by atomic mass is 32.2. The van der Waals surface area contributed by atoms with E-state index in [2.05, 4.69) is 27.4 Å². The highest BCUT2D eigenvalue weighted by Crippen LogP contribution is 2.22. The van der Waals surface area contributed by atoms with E-state index in [4.69, 9.17) is 4.74 Å². The summed E-state index contributed by atoms with van der Waals surface area (Å²) in [6, 6.07) is 10.1. The fourth-order valence-electron chi connectivity index (χ4n) is 3.47. The first-order valence-corrected chi connectivity index (χ1v) is 11.9. The molecule has 35 heavy (non-hydrogen) atoms. The number of amides is 2. The van der Waals surface area contributed by atoms with Gasteiger partial charge in [-0.25, -0.2) is 4.39 Å². The molecule has 2 amide bonds. The lowest BCUT2D eigenvalue weighted by atomic mass is 10.1. The largest absolute Gasteiger partial charge is 0.483 e. The maximum absolute atomic E-state index is 13.8. The van der Waals surface area contributed by atoms with E-state index in [1.165, 1.54) is 23.9 Å².